The van der Waals surface area contributed by atoms with Crippen molar-refractivity contribution in [2.75, 3.05) is 0 Å². The molecule has 0 saturated heterocycles. The monoisotopic (exact) mass is 263 g/mol. The SMILES string of the molecule is C[C@H](NCc1cncc2ccccc12)c1cccnc1. The number of pyridine rings is 2. The summed E-state index contributed by atoms with van der Waals surface area (Å²) in [7, 11) is 0. The van der Waals surface area contributed by atoms with Gasteiger partial charge in [0, 0.05) is 42.8 Å². The Balaban J connectivity index is 1.77. The lowest BCUT2D eigenvalue weighted by Crippen LogP contribution is -2.18. The molecular weight excluding hydrogens is 246 g/mol. The standard InChI is InChI=1S/C17H17N3/c1-13(14-6-4-8-18-9-14)20-12-16-11-19-10-15-5-2-3-7-17(15)16/h2-11,13,20H,12H2,1H3/t13-/m0/s1. The summed E-state index contributed by atoms with van der Waals surface area (Å²) in [5.74, 6) is 0. The molecule has 0 fully saturated rings. The van der Waals surface area contributed by atoms with Crippen molar-refractivity contribution in [3.63, 3.8) is 0 Å². The Labute approximate surface area is 118 Å². The fraction of sp³-hybridized carbons (Fsp3) is 0.176. The fourth-order valence-corrected chi connectivity index (χ4v) is 2.33. The molecule has 1 atom stereocenters. The van der Waals surface area contributed by atoms with Gasteiger partial charge in [0.15, 0.2) is 0 Å². The van der Waals surface area contributed by atoms with Gasteiger partial charge in [-0.3, -0.25) is 9.97 Å². The van der Waals surface area contributed by atoms with Crippen LogP contribution in [0.25, 0.3) is 10.8 Å². The minimum absolute atomic E-state index is 0.266. The van der Waals surface area contributed by atoms with E-state index >= 15 is 0 Å². The summed E-state index contributed by atoms with van der Waals surface area (Å²) in [5.41, 5.74) is 2.42. The molecule has 3 aromatic rings. The zero-order valence-corrected chi connectivity index (χ0v) is 11.5. The van der Waals surface area contributed by atoms with Crippen molar-refractivity contribution in [3.05, 3.63) is 72.3 Å². The molecule has 3 nitrogen and oxygen atoms in total. The molecule has 0 radical (unpaired) electrons. The number of hydrogen-bond acceptors (Lipinski definition) is 3. The van der Waals surface area contributed by atoms with Gasteiger partial charge in [0.2, 0.25) is 0 Å². The van der Waals surface area contributed by atoms with E-state index < -0.39 is 0 Å². The van der Waals surface area contributed by atoms with Gasteiger partial charge in [-0.2, -0.15) is 0 Å². The van der Waals surface area contributed by atoms with Crippen LogP contribution in [-0.4, -0.2) is 9.97 Å². The lowest BCUT2D eigenvalue weighted by molar-refractivity contribution is 0.574. The van der Waals surface area contributed by atoms with Crippen molar-refractivity contribution in [3.8, 4) is 0 Å². The lowest BCUT2D eigenvalue weighted by Gasteiger charge is -2.14. The van der Waals surface area contributed by atoms with Crippen LogP contribution in [0.2, 0.25) is 0 Å². The zero-order chi connectivity index (χ0) is 13.8. The highest BCUT2D eigenvalue weighted by Gasteiger charge is 2.06. The van der Waals surface area contributed by atoms with Gasteiger partial charge in [-0.15, -0.1) is 0 Å². The predicted molar refractivity (Wildman–Crippen MR) is 81.2 cm³/mol. The molecule has 0 aliphatic rings. The van der Waals surface area contributed by atoms with Crippen LogP contribution in [0.3, 0.4) is 0 Å². The number of hydrogen-bond donors (Lipinski definition) is 1. The van der Waals surface area contributed by atoms with Gasteiger partial charge in [0.1, 0.15) is 0 Å². The molecule has 0 unspecified atom stereocenters. The second-order valence-corrected chi connectivity index (χ2v) is 4.91. The Kier molecular flexibility index (Phi) is 3.70. The van der Waals surface area contributed by atoms with E-state index in [1.807, 2.05) is 30.7 Å². The normalized spacial score (nSPS) is 12.4. The highest BCUT2D eigenvalue weighted by Crippen LogP contribution is 2.18. The second-order valence-electron chi connectivity index (χ2n) is 4.91. The van der Waals surface area contributed by atoms with Gasteiger partial charge in [-0.05, 0) is 29.5 Å². The molecule has 3 heteroatoms. The van der Waals surface area contributed by atoms with Crippen LogP contribution in [0, 0.1) is 0 Å². The fourth-order valence-electron chi connectivity index (χ4n) is 2.33. The maximum atomic E-state index is 4.31. The van der Waals surface area contributed by atoms with Crippen molar-refractivity contribution in [1.82, 2.24) is 15.3 Å². The number of rotatable bonds is 4. The van der Waals surface area contributed by atoms with Gasteiger partial charge >= 0.3 is 0 Å². The maximum absolute atomic E-state index is 4.31. The Morgan fingerprint density at radius 3 is 2.75 bits per heavy atom. The first kappa shape index (κ1) is 12.8. The van der Waals surface area contributed by atoms with Crippen LogP contribution in [0.1, 0.15) is 24.1 Å². The number of fused-ring (bicyclic) bond motifs is 1. The molecule has 20 heavy (non-hydrogen) atoms. The first-order valence-electron chi connectivity index (χ1n) is 6.79. The van der Waals surface area contributed by atoms with Crippen LogP contribution in [0.5, 0.6) is 0 Å². The largest absolute Gasteiger partial charge is 0.306 e. The number of aromatic nitrogens is 2. The molecular formula is C17H17N3. The van der Waals surface area contributed by atoms with E-state index in [-0.39, 0.29) is 6.04 Å². The van der Waals surface area contributed by atoms with Crippen LogP contribution < -0.4 is 5.32 Å². The Morgan fingerprint density at radius 2 is 1.90 bits per heavy atom. The Morgan fingerprint density at radius 1 is 1.00 bits per heavy atom. The lowest BCUT2D eigenvalue weighted by atomic mass is 10.1. The molecule has 0 spiro atoms. The molecule has 0 aliphatic heterocycles. The van der Waals surface area contributed by atoms with Gasteiger partial charge in [-0.1, -0.05) is 30.3 Å². The molecule has 0 bridgehead atoms. The van der Waals surface area contributed by atoms with Crippen LogP contribution in [-0.2, 0) is 6.54 Å². The molecule has 0 amide bonds. The topological polar surface area (TPSA) is 37.8 Å². The van der Waals surface area contributed by atoms with Crippen molar-refractivity contribution < 1.29 is 0 Å². The molecule has 1 N–H and O–H groups in total. The minimum atomic E-state index is 0.266. The number of benzene rings is 1. The minimum Gasteiger partial charge on any atom is -0.306 e. The number of nitrogens with zero attached hydrogens (tertiary/aromatic N) is 2. The third-order valence-electron chi connectivity index (χ3n) is 3.53. The average Bonchev–Trinajstić information content (AvgIpc) is 2.53. The quantitative estimate of drug-likeness (QED) is 0.783. The van der Waals surface area contributed by atoms with E-state index in [9.17, 15) is 0 Å². The van der Waals surface area contributed by atoms with E-state index in [0.717, 1.165) is 6.54 Å². The Hall–Kier alpha value is -2.26. The molecule has 3 rings (SSSR count). The molecule has 100 valence electrons. The summed E-state index contributed by atoms with van der Waals surface area (Å²) < 4.78 is 0. The van der Waals surface area contributed by atoms with E-state index in [2.05, 4.69) is 46.5 Å². The smallest absolute Gasteiger partial charge is 0.0346 e. The third-order valence-corrected chi connectivity index (χ3v) is 3.53. The predicted octanol–water partition coefficient (Wildman–Crippen LogP) is 3.48. The van der Waals surface area contributed by atoms with E-state index in [1.54, 1.807) is 6.20 Å². The zero-order valence-electron chi connectivity index (χ0n) is 11.5. The summed E-state index contributed by atoms with van der Waals surface area (Å²) >= 11 is 0. The van der Waals surface area contributed by atoms with E-state index in [0.29, 0.717) is 0 Å². The first-order chi connectivity index (χ1) is 9.84. The Bertz CT molecular complexity index is 689. The second kappa shape index (κ2) is 5.80. The summed E-state index contributed by atoms with van der Waals surface area (Å²) in [6.07, 6.45) is 7.54. The molecule has 0 aliphatic carbocycles. The highest BCUT2D eigenvalue weighted by atomic mass is 14.9. The first-order valence-corrected chi connectivity index (χ1v) is 6.79. The highest BCUT2D eigenvalue weighted by molar-refractivity contribution is 5.84. The summed E-state index contributed by atoms with van der Waals surface area (Å²) in [5, 5.41) is 5.97. The third kappa shape index (κ3) is 2.68. The molecule has 2 heterocycles. The maximum Gasteiger partial charge on any atom is 0.0346 e. The van der Waals surface area contributed by atoms with Gasteiger partial charge < -0.3 is 5.32 Å². The van der Waals surface area contributed by atoms with Crippen LogP contribution in [0.4, 0.5) is 0 Å². The van der Waals surface area contributed by atoms with Crippen LogP contribution >= 0.6 is 0 Å². The summed E-state index contributed by atoms with van der Waals surface area (Å²) in [6, 6.07) is 12.7. The van der Waals surface area contributed by atoms with Crippen molar-refractivity contribution in [2.45, 2.75) is 19.5 Å². The van der Waals surface area contributed by atoms with Crippen molar-refractivity contribution in [1.29, 1.82) is 0 Å². The molecule has 0 saturated carbocycles. The van der Waals surface area contributed by atoms with Gasteiger partial charge in [-0.25, -0.2) is 0 Å². The van der Waals surface area contributed by atoms with Crippen LogP contribution in [0.15, 0.2) is 61.2 Å². The van der Waals surface area contributed by atoms with E-state index in [1.165, 1.54) is 21.9 Å². The summed E-state index contributed by atoms with van der Waals surface area (Å²) in [6.45, 7) is 2.94. The van der Waals surface area contributed by atoms with E-state index in [4.69, 9.17) is 0 Å². The molecule has 1 aromatic carbocycles. The van der Waals surface area contributed by atoms with Gasteiger partial charge in [0.25, 0.3) is 0 Å². The number of nitrogens with one attached hydrogen (secondary N) is 1. The van der Waals surface area contributed by atoms with Crippen molar-refractivity contribution in [2.24, 2.45) is 0 Å². The van der Waals surface area contributed by atoms with Gasteiger partial charge in [0.05, 0.1) is 0 Å². The summed E-state index contributed by atoms with van der Waals surface area (Å²) in [4.78, 5) is 8.47. The average molecular weight is 263 g/mol. The van der Waals surface area contributed by atoms with Crippen molar-refractivity contribution >= 4 is 10.8 Å². The molecule has 2 aromatic heterocycles.